The van der Waals surface area contributed by atoms with E-state index in [9.17, 15) is 8.42 Å². The van der Waals surface area contributed by atoms with Crippen molar-refractivity contribution in [2.24, 2.45) is 5.92 Å². The fraction of sp³-hybridized carbons (Fsp3) is 0.833. The predicted octanol–water partition coefficient (Wildman–Crippen LogP) is 1.68. The third-order valence-corrected chi connectivity index (χ3v) is 4.15. The van der Waals surface area contributed by atoms with E-state index < -0.39 is 20.3 Å². The smallest absolute Gasteiger partial charge is 0.255 e. The third-order valence-electron chi connectivity index (χ3n) is 2.32. The molecule has 0 aromatic rings. The van der Waals surface area contributed by atoms with Gasteiger partial charge in [0.05, 0.1) is 12.1 Å². The Hall–Kier alpha value is -0.220. The molecule has 1 aliphatic heterocycles. The number of rotatable bonds is 2. The minimum absolute atomic E-state index is 0.259. The fourth-order valence-corrected chi connectivity index (χ4v) is 3.30. The lowest BCUT2D eigenvalue weighted by Gasteiger charge is -2.28. The van der Waals surface area contributed by atoms with E-state index in [1.54, 1.807) is 0 Å². The number of hydrogen-bond donors (Lipinski definition) is 1. The Labute approximate surface area is 112 Å². The van der Waals surface area contributed by atoms with E-state index >= 15 is 0 Å². The second-order valence-corrected chi connectivity index (χ2v) is 11.0. The van der Waals surface area contributed by atoms with Crippen LogP contribution >= 0.6 is 10.0 Å². The minimum Gasteiger partial charge on any atom is -0.255 e. The maximum absolute atomic E-state index is 11.6. The molecule has 0 saturated carbocycles. The van der Waals surface area contributed by atoms with Crippen molar-refractivity contribution in [2.45, 2.75) is 38.8 Å². The third kappa shape index (κ3) is 6.10. The Morgan fingerprint density at radius 2 is 2.00 bits per heavy atom. The monoisotopic (exact) mass is 293 g/mol. The molecule has 4 nitrogen and oxygen atoms in total. The highest BCUT2D eigenvalue weighted by atomic mass is 32.3. The summed E-state index contributed by atoms with van der Waals surface area (Å²) in [4.78, 5) is 0. The zero-order chi connectivity index (χ0) is 14.0. The van der Waals surface area contributed by atoms with Gasteiger partial charge in [-0.25, -0.2) is 0 Å². The second kappa shape index (κ2) is 5.83. The Morgan fingerprint density at radius 3 is 2.50 bits per heavy atom. The molecule has 1 fully saturated rings. The van der Waals surface area contributed by atoms with E-state index in [1.807, 2.05) is 0 Å². The standard InChI is InChI=1S/C12H23NO3S2/c1-10(2)8-12-9-11(6-7-17(3,4)5)13-18(14,15)16-12/h10-13H,8-9H2,1-5H3/t11-,12-/m1/s1. The largest absolute Gasteiger partial charge is 0.337 e. The van der Waals surface area contributed by atoms with Crippen LogP contribution in [0.2, 0.25) is 0 Å². The fourth-order valence-electron chi connectivity index (χ4n) is 1.73. The van der Waals surface area contributed by atoms with Crippen molar-refractivity contribution in [2.75, 3.05) is 18.8 Å². The van der Waals surface area contributed by atoms with Crippen molar-refractivity contribution in [1.29, 1.82) is 0 Å². The van der Waals surface area contributed by atoms with Crippen LogP contribution in [-0.4, -0.2) is 39.3 Å². The highest BCUT2D eigenvalue weighted by molar-refractivity contribution is 8.35. The summed E-state index contributed by atoms with van der Waals surface area (Å²) < 4.78 is 30.7. The van der Waals surface area contributed by atoms with Crippen LogP contribution in [0.5, 0.6) is 0 Å². The van der Waals surface area contributed by atoms with Gasteiger partial charge in [-0.15, -0.1) is 0 Å². The molecule has 0 bridgehead atoms. The second-order valence-electron chi connectivity index (χ2n) is 5.79. The molecule has 0 aromatic heterocycles. The van der Waals surface area contributed by atoms with Crippen LogP contribution in [-0.2, 0) is 14.5 Å². The van der Waals surface area contributed by atoms with Crippen LogP contribution in [0.3, 0.4) is 0 Å². The van der Waals surface area contributed by atoms with Gasteiger partial charge in [0.2, 0.25) is 0 Å². The van der Waals surface area contributed by atoms with Crippen LogP contribution in [0.25, 0.3) is 0 Å². The van der Waals surface area contributed by atoms with Crippen molar-refractivity contribution < 1.29 is 12.6 Å². The van der Waals surface area contributed by atoms with Crippen LogP contribution < -0.4 is 4.72 Å². The van der Waals surface area contributed by atoms with Crippen LogP contribution in [0.4, 0.5) is 0 Å². The van der Waals surface area contributed by atoms with Gasteiger partial charge in [0.15, 0.2) is 0 Å². The summed E-state index contributed by atoms with van der Waals surface area (Å²) in [5, 5.41) is 3.15. The van der Waals surface area contributed by atoms with Gasteiger partial charge in [-0.3, -0.25) is 4.18 Å². The topological polar surface area (TPSA) is 55.4 Å². The molecule has 1 N–H and O–H groups in total. The molecule has 1 heterocycles. The van der Waals surface area contributed by atoms with Crippen molar-refractivity contribution in [3.05, 3.63) is 0 Å². The van der Waals surface area contributed by atoms with Crippen molar-refractivity contribution in [3.63, 3.8) is 0 Å². The van der Waals surface area contributed by atoms with Gasteiger partial charge < -0.3 is 0 Å². The summed E-state index contributed by atoms with van der Waals surface area (Å²) in [6, 6.07) is -0.320. The molecule has 106 valence electrons. The van der Waals surface area contributed by atoms with Gasteiger partial charge in [0.25, 0.3) is 0 Å². The quantitative estimate of drug-likeness (QED) is 0.788. The minimum atomic E-state index is -3.64. The van der Waals surface area contributed by atoms with E-state index in [0.29, 0.717) is 12.3 Å². The summed E-state index contributed by atoms with van der Waals surface area (Å²) in [5.41, 5.74) is 0. The van der Waals surface area contributed by atoms with Gasteiger partial charge in [-0.1, -0.05) is 25.0 Å². The molecule has 0 radical (unpaired) electrons. The summed E-state index contributed by atoms with van der Waals surface area (Å²) in [5.74, 6) is 3.44. The first kappa shape index (κ1) is 15.8. The molecule has 2 atom stereocenters. The Bertz CT molecular complexity index is 440. The number of hydrogen-bond acceptors (Lipinski definition) is 3. The summed E-state index contributed by atoms with van der Waals surface area (Å²) in [7, 11) is -4.58. The van der Waals surface area contributed by atoms with Crippen molar-refractivity contribution >= 4 is 20.3 Å². The molecule has 1 aliphatic rings. The zero-order valence-corrected chi connectivity index (χ0v) is 13.3. The van der Waals surface area contributed by atoms with Gasteiger partial charge in [-0.05, 0) is 31.1 Å². The van der Waals surface area contributed by atoms with Gasteiger partial charge in [0, 0.05) is 6.42 Å². The first-order valence-electron chi connectivity index (χ1n) is 5.98. The molecule has 0 aliphatic carbocycles. The van der Waals surface area contributed by atoms with Crippen LogP contribution in [0.15, 0.2) is 0 Å². The Morgan fingerprint density at radius 1 is 1.39 bits per heavy atom. The Balaban J connectivity index is 2.78. The molecular weight excluding hydrogens is 270 g/mol. The molecule has 1 rings (SSSR count). The molecule has 18 heavy (non-hydrogen) atoms. The molecule has 0 unspecified atom stereocenters. The molecule has 0 amide bonds. The first-order chi connectivity index (χ1) is 8.07. The zero-order valence-electron chi connectivity index (χ0n) is 11.7. The van der Waals surface area contributed by atoms with Gasteiger partial charge in [0.1, 0.15) is 0 Å². The molecule has 0 spiro atoms. The van der Waals surface area contributed by atoms with Gasteiger partial charge >= 0.3 is 10.3 Å². The maximum Gasteiger partial charge on any atom is 0.337 e. The number of nitrogens with one attached hydrogen (secondary N) is 1. The lowest BCUT2D eigenvalue weighted by molar-refractivity contribution is 0.145. The lowest BCUT2D eigenvalue weighted by Crippen LogP contribution is -2.45. The van der Waals surface area contributed by atoms with Crippen molar-refractivity contribution in [3.8, 4) is 11.2 Å². The molecule has 1 saturated heterocycles. The maximum atomic E-state index is 11.6. The van der Waals surface area contributed by atoms with E-state index in [0.717, 1.165) is 6.42 Å². The van der Waals surface area contributed by atoms with Crippen LogP contribution in [0.1, 0.15) is 26.7 Å². The highest BCUT2D eigenvalue weighted by Gasteiger charge is 2.31. The van der Waals surface area contributed by atoms with E-state index in [2.05, 4.69) is 48.5 Å². The lowest BCUT2D eigenvalue weighted by atomic mass is 10.0. The first-order valence-corrected chi connectivity index (χ1v) is 10.2. The van der Waals surface area contributed by atoms with E-state index in [-0.39, 0.29) is 12.1 Å². The van der Waals surface area contributed by atoms with Gasteiger partial charge in [-0.2, -0.15) is 23.2 Å². The summed E-state index contributed by atoms with van der Waals surface area (Å²) >= 11 is 0. The summed E-state index contributed by atoms with van der Waals surface area (Å²) in [6.07, 6.45) is 7.35. The Kier molecular flexibility index (Phi) is 5.13. The molecule has 0 aromatic carbocycles. The predicted molar refractivity (Wildman–Crippen MR) is 77.9 cm³/mol. The van der Waals surface area contributed by atoms with Crippen LogP contribution in [0, 0.1) is 17.1 Å². The SMILES string of the molecule is CC(C)C[C@@H]1C[C@@H](C#CS(C)(C)C)NS(=O)(=O)O1. The summed E-state index contributed by atoms with van der Waals surface area (Å²) in [6.45, 7) is 4.11. The normalized spacial score (nSPS) is 28.6. The van der Waals surface area contributed by atoms with E-state index in [4.69, 9.17) is 4.18 Å². The van der Waals surface area contributed by atoms with Crippen molar-refractivity contribution in [1.82, 2.24) is 4.72 Å². The average Bonchev–Trinajstić information content (AvgIpc) is 2.09. The molecular formula is C12H23NO3S2. The highest BCUT2D eigenvalue weighted by Crippen LogP contribution is 2.32. The molecule has 6 heteroatoms. The average molecular weight is 293 g/mol. The van der Waals surface area contributed by atoms with E-state index in [1.165, 1.54) is 0 Å².